The van der Waals surface area contributed by atoms with Gasteiger partial charge in [0.2, 0.25) is 10.0 Å². The van der Waals surface area contributed by atoms with Crippen LogP contribution in [0.5, 0.6) is 0 Å². The van der Waals surface area contributed by atoms with Crippen molar-refractivity contribution in [3.05, 3.63) is 27.7 Å². The lowest BCUT2D eigenvalue weighted by Crippen LogP contribution is -2.33. The minimum Gasteiger partial charge on any atom is -0.326 e. The number of nitrogens with zero attached hydrogens (tertiary/aromatic N) is 1. The molecule has 6 heteroatoms. The van der Waals surface area contributed by atoms with Crippen LogP contribution in [-0.4, -0.2) is 25.8 Å². The highest BCUT2D eigenvalue weighted by molar-refractivity contribution is 9.10. The van der Waals surface area contributed by atoms with Crippen LogP contribution >= 0.6 is 15.9 Å². The molecule has 0 aliphatic rings. The topological polar surface area (TPSA) is 63.4 Å². The molecule has 2 N–H and O–H groups in total. The first-order chi connectivity index (χ1) is 9.38. The zero-order valence-electron chi connectivity index (χ0n) is 12.3. The standard InChI is InChI=1S/C14H23BrN2O2S/c1-4-6-17(7-5-2)20(18,19)14-9-12(10-16)8-13(15)11(14)3/h8-9H,4-7,10,16H2,1-3H3. The highest BCUT2D eigenvalue weighted by atomic mass is 79.9. The summed E-state index contributed by atoms with van der Waals surface area (Å²) in [6.07, 6.45) is 1.60. The number of halogens is 1. The normalized spacial score (nSPS) is 12.1. The quantitative estimate of drug-likeness (QED) is 0.810. The maximum atomic E-state index is 12.8. The van der Waals surface area contributed by atoms with Crippen LogP contribution in [0.4, 0.5) is 0 Å². The van der Waals surface area contributed by atoms with Crippen LogP contribution in [-0.2, 0) is 16.6 Å². The van der Waals surface area contributed by atoms with Crippen LogP contribution in [0.25, 0.3) is 0 Å². The van der Waals surface area contributed by atoms with Gasteiger partial charge in [-0.2, -0.15) is 4.31 Å². The molecule has 0 aromatic heterocycles. The smallest absolute Gasteiger partial charge is 0.243 e. The van der Waals surface area contributed by atoms with Gasteiger partial charge < -0.3 is 5.73 Å². The van der Waals surface area contributed by atoms with Crippen LogP contribution in [0.15, 0.2) is 21.5 Å². The van der Waals surface area contributed by atoms with Crippen molar-refractivity contribution in [1.82, 2.24) is 4.31 Å². The lowest BCUT2D eigenvalue weighted by Gasteiger charge is -2.23. The molecular weight excluding hydrogens is 340 g/mol. The zero-order chi connectivity index (χ0) is 15.3. The second-order valence-corrected chi connectivity index (χ2v) is 7.57. The first-order valence-electron chi connectivity index (χ1n) is 6.87. The highest BCUT2D eigenvalue weighted by Crippen LogP contribution is 2.28. The van der Waals surface area contributed by atoms with Gasteiger partial charge >= 0.3 is 0 Å². The van der Waals surface area contributed by atoms with E-state index in [9.17, 15) is 8.42 Å². The molecule has 0 atom stereocenters. The summed E-state index contributed by atoms with van der Waals surface area (Å²) < 4.78 is 28.0. The summed E-state index contributed by atoms with van der Waals surface area (Å²) >= 11 is 3.42. The Morgan fingerprint density at radius 3 is 2.20 bits per heavy atom. The van der Waals surface area contributed by atoms with Crippen molar-refractivity contribution < 1.29 is 8.42 Å². The van der Waals surface area contributed by atoms with E-state index in [4.69, 9.17) is 5.73 Å². The van der Waals surface area contributed by atoms with Gasteiger partial charge in [0, 0.05) is 24.1 Å². The summed E-state index contributed by atoms with van der Waals surface area (Å²) in [5.74, 6) is 0. The summed E-state index contributed by atoms with van der Waals surface area (Å²) in [7, 11) is -3.46. The number of benzene rings is 1. The van der Waals surface area contributed by atoms with Gasteiger partial charge in [-0.15, -0.1) is 0 Å². The molecule has 0 saturated carbocycles. The lowest BCUT2D eigenvalue weighted by molar-refractivity contribution is 0.409. The van der Waals surface area contributed by atoms with Gasteiger partial charge in [-0.1, -0.05) is 29.8 Å². The van der Waals surface area contributed by atoms with Crippen molar-refractivity contribution in [2.45, 2.75) is 45.1 Å². The van der Waals surface area contributed by atoms with Crippen LogP contribution in [0, 0.1) is 6.92 Å². The van der Waals surface area contributed by atoms with E-state index in [-0.39, 0.29) is 0 Å². The van der Waals surface area contributed by atoms with E-state index in [1.165, 1.54) is 0 Å². The summed E-state index contributed by atoms with van der Waals surface area (Å²) in [5.41, 5.74) is 7.19. The molecule has 20 heavy (non-hydrogen) atoms. The molecule has 0 spiro atoms. The third-order valence-corrected chi connectivity index (χ3v) is 6.00. The van der Waals surface area contributed by atoms with Crippen LogP contribution < -0.4 is 5.73 Å². The number of sulfonamides is 1. The summed E-state index contributed by atoms with van der Waals surface area (Å²) in [5, 5.41) is 0. The fourth-order valence-corrected chi connectivity index (χ4v) is 4.64. The predicted octanol–water partition coefficient (Wildman–Crippen LogP) is 3.03. The van der Waals surface area contributed by atoms with Gasteiger partial charge in [0.15, 0.2) is 0 Å². The SMILES string of the molecule is CCCN(CCC)S(=O)(=O)c1cc(CN)cc(Br)c1C. The first-order valence-corrected chi connectivity index (χ1v) is 9.11. The Morgan fingerprint density at radius 1 is 1.20 bits per heavy atom. The van der Waals surface area contributed by atoms with E-state index in [0.29, 0.717) is 24.5 Å². The van der Waals surface area contributed by atoms with Crippen molar-refractivity contribution in [1.29, 1.82) is 0 Å². The van der Waals surface area contributed by atoms with Crippen molar-refractivity contribution in [2.24, 2.45) is 5.73 Å². The van der Waals surface area contributed by atoms with Gasteiger partial charge in [-0.05, 0) is 43.0 Å². The van der Waals surface area contributed by atoms with E-state index < -0.39 is 10.0 Å². The molecule has 0 bridgehead atoms. The fraction of sp³-hybridized carbons (Fsp3) is 0.571. The Morgan fingerprint density at radius 2 is 1.75 bits per heavy atom. The van der Waals surface area contributed by atoms with Gasteiger partial charge in [0.1, 0.15) is 0 Å². The zero-order valence-corrected chi connectivity index (χ0v) is 14.7. The average Bonchev–Trinajstić information content (AvgIpc) is 2.41. The van der Waals surface area contributed by atoms with E-state index in [0.717, 1.165) is 28.4 Å². The second-order valence-electron chi connectivity index (χ2n) is 4.81. The number of hydrogen-bond acceptors (Lipinski definition) is 3. The van der Waals surface area contributed by atoms with Gasteiger partial charge in [0.25, 0.3) is 0 Å². The molecule has 1 aromatic rings. The molecular formula is C14H23BrN2O2S. The molecule has 0 amide bonds. The van der Waals surface area contributed by atoms with Crippen LogP contribution in [0.2, 0.25) is 0 Å². The van der Waals surface area contributed by atoms with E-state index in [1.807, 2.05) is 26.8 Å². The third kappa shape index (κ3) is 3.81. The molecule has 0 unspecified atom stereocenters. The molecule has 4 nitrogen and oxygen atoms in total. The second kappa shape index (κ2) is 7.54. The van der Waals surface area contributed by atoms with E-state index in [2.05, 4.69) is 15.9 Å². The fourth-order valence-electron chi connectivity index (χ4n) is 2.08. The first kappa shape index (κ1) is 17.6. The average molecular weight is 363 g/mol. The van der Waals surface area contributed by atoms with Crippen LogP contribution in [0.1, 0.15) is 37.8 Å². The van der Waals surface area contributed by atoms with Crippen molar-refractivity contribution >= 4 is 26.0 Å². The van der Waals surface area contributed by atoms with Crippen molar-refractivity contribution in [3.8, 4) is 0 Å². The third-order valence-electron chi connectivity index (χ3n) is 3.16. The molecule has 0 aliphatic carbocycles. The van der Waals surface area contributed by atoms with E-state index in [1.54, 1.807) is 10.4 Å². The van der Waals surface area contributed by atoms with E-state index >= 15 is 0 Å². The minimum atomic E-state index is -3.46. The summed E-state index contributed by atoms with van der Waals surface area (Å²) in [6.45, 7) is 7.19. The maximum Gasteiger partial charge on any atom is 0.243 e. The number of nitrogens with two attached hydrogens (primary N) is 1. The lowest BCUT2D eigenvalue weighted by atomic mass is 10.1. The Kier molecular flexibility index (Phi) is 6.64. The van der Waals surface area contributed by atoms with Gasteiger partial charge in [-0.3, -0.25) is 0 Å². The maximum absolute atomic E-state index is 12.8. The Balaban J connectivity index is 3.36. The molecule has 0 saturated heterocycles. The van der Waals surface area contributed by atoms with Crippen molar-refractivity contribution in [3.63, 3.8) is 0 Å². The Bertz CT molecular complexity index is 553. The molecule has 114 valence electrons. The van der Waals surface area contributed by atoms with Gasteiger partial charge in [0.05, 0.1) is 4.90 Å². The molecule has 0 radical (unpaired) electrons. The van der Waals surface area contributed by atoms with Crippen LogP contribution in [0.3, 0.4) is 0 Å². The predicted molar refractivity (Wildman–Crippen MR) is 86.1 cm³/mol. The largest absolute Gasteiger partial charge is 0.326 e. The summed E-state index contributed by atoms with van der Waals surface area (Å²) in [4.78, 5) is 0.356. The Labute approximate surface area is 130 Å². The number of rotatable bonds is 7. The van der Waals surface area contributed by atoms with Crippen molar-refractivity contribution in [2.75, 3.05) is 13.1 Å². The van der Waals surface area contributed by atoms with Gasteiger partial charge in [-0.25, -0.2) is 8.42 Å². The number of hydrogen-bond donors (Lipinski definition) is 1. The summed E-state index contributed by atoms with van der Waals surface area (Å²) in [6, 6.07) is 3.56. The molecule has 1 aromatic carbocycles. The minimum absolute atomic E-state index is 0.322. The molecule has 0 aliphatic heterocycles. The molecule has 0 fully saturated rings. The molecule has 0 heterocycles. The molecule has 1 rings (SSSR count). The monoisotopic (exact) mass is 362 g/mol. The Hall–Kier alpha value is -0.430. The highest BCUT2D eigenvalue weighted by Gasteiger charge is 2.26.